The summed E-state index contributed by atoms with van der Waals surface area (Å²) >= 11 is 0. The molecule has 0 aliphatic heterocycles. The van der Waals surface area contributed by atoms with Gasteiger partial charge < -0.3 is 15.2 Å². The Morgan fingerprint density at radius 1 is 1.37 bits per heavy atom. The normalized spacial score (nSPS) is 17.7. The molecule has 1 heterocycles. The van der Waals surface area contributed by atoms with Gasteiger partial charge in [-0.3, -0.25) is 0 Å². The van der Waals surface area contributed by atoms with Crippen molar-refractivity contribution < 1.29 is 9.84 Å². The summed E-state index contributed by atoms with van der Waals surface area (Å²) in [4.78, 5) is 8.26. The van der Waals surface area contributed by atoms with Gasteiger partial charge in [0.05, 0.1) is 12.7 Å². The third-order valence-electron chi connectivity index (χ3n) is 3.64. The molecule has 5 nitrogen and oxygen atoms in total. The summed E-state index contributed by atoms with van der Waals surface area (Å²) in [5.74, 6) is 1.34. The maximum Gasteiger partial charge on any atom is 0.218 e. The average Bonchev–Trinajstić information content (AvgIpc) is 2.86. The van der Waals surface area contributed by atoms with Gasteiger partial charge in [-0.2, -0.15) is 0 Å². The minimum atomic E-state index is 0.0179. The molecule has 5 heteroatoms. The van der Waals surface area contributed by atoms with E-state index >= 15 is 0 Å². The Kier molecular flexibility index (Phi) is 4.58. The van der Waals surface area contributed by atoms with Crippen LogP contribution in [-0.2, 0) is 0 Å². The lowest BCUT2D eigenvalue weighted by Gasteiger charge is -2.26. The fourth-order valence-electron chi connectivity index (χ4n) is 2.54. The molecular formula is C14H23N3O2. The molecule has 2 N–H and O–H groups in total. The van der Waals surface area contributed by atoms with Crippen LogP contribution in [0.5, 0.6) is 5.88 Å². The first kappa shape index (κ1) is 14.1. The highest BCUT2D eigenvalue weighted by Gasteiger charge is 2.32. The molecule has 2 rings (SSSR count). The summed E-state index contributed by atoms with van der Waals surface area (Å²) in [5.41, 5.74) is 0.0179. The second-order valence-electron chi connectivity index (χ2n) is 5.63. The third-order valence-corrected chi connectivity index (χ3v) is 3.64. The summed E-state index contributed by atoms with van der Waals surface area (Å²) in [7, 11) is 0. The first-order chi connectivity index (χ1) is 9.13. The molecule has 1 aliphatic carbocycles. The molecule has 1 aliphatic rings. The van der Waals surface area contributed by atoms with E-state index in [4.69, 9.17) is 4.74 Å². The van der Waals surface area contributed by atoms with Crippen LogP contribution < -0.4 is 10.1 Å². The second kappa shape index (κ2) is 6.19. The van der Waals surface area contributed by atoms with Crippen molar-refractivity contribution in [3.05, 3.63) is 12.4 Å². The number of nitrogens with one attached hydrogen (secondary N) is 1. The van der Waals surface area contributed by atoms with E-state index in [1.165, 1.54) is 19.2 Å². The molecule has 0 saturated heterocycles. The molecule has 0 unspecified atom stereocenters. The molecule has 0 bridgehead atoms. The molecule has 1 fully saturated rings. The number of aliphatic hydroxyl groups excluding tert-OH is 1. The van der Waals surface area contributed by atoms with Crippen molar-refractivity contribution in [2.45, 2.75) is 45.6 Å². The van der Waals surface area contributed by atoms with Gasteiger partial charge in [-0.05, 0) is 26.7 Å². The van der Waals surface area contributed by atoms with Gasteiger partial charge in [0.25, 0.3) is 0 Å². The van der Waals surface area contributed by atoms with Gasteiger partial charge in [0, 0.05) is 18.0 Å². The fraction of sp³-hybridized carbons (Fsp3) is 0.714. The van der Waals surface area contributed by atoms with Crippen LogP contribution >= 0.6 is 0 Å². The highest BCUT2D eigenvalue weighted by molar-refractivity contribution is 5.37. The number of hydrogen-bond donors (Lipinski definition) is 2. The maximum absolute atomic E-state index is 9.57. The molecule has 1 aromatic heterocycles. The van der Waals surface area contributed by atoms with Crippen LogP contribution in [0.25, 0.3) is 0 Å². The molecule has 19 heavy (non-hydrogen) atoms. The minimum absolute atomic E-state index is 0.0179. The van der Waals surface area contributed by atoms with E-state index in [-0.39, 0.29) is 18.1 Å². The summed E-state index contributed by atoms with van der Waals surface area (Å²) in [6, 6.07) is 1.81. The molecule has 1 saturated carbocycles. The molecule has 0 aromatic carbocycles. The van der Waals surface area contributed by atoms with Gasteiger partial charge in [0.15, 0.2) is 0 Å². The molecule has 0 amide bonds. The Hall–Kier alpha value is -1.36. The maximum atomic E-state index is 9.57. The first-order valence-corrected chi connectivity index (χ1v) is 6.97. The number of hydrogen-bond acceptors (Lipinski definition) is 5. The van der Waals surface area contributed by atoms with E-state index in [9.17, 15) is 5.11 Å². The van der Waals surface area contributed by atoms with Gasteiger partial charge in [0.1, 0.15) is 12.1 Å². The van der Waals surface area contributed by atoms with Crippen molar-refractivity contribution in [2.75, 3.05) is 18.5 Å². The van der Waals surface area contributed by atoms with Crippen LogP contribution in [0.2, 0.25) is 0 Å². The zero-order valence-corrected chi connectivity index (χ0v) is 11.7. The van der Waals surface area contributed by atoms with Crippen LogP contribution in [0.15, 0.2) is 12.4 Å². The van der Waals surface area contributed by atoms with Crippen molar-refractivity contribution in [2.24, 2.45) is 5.41 Å². The molecule has 1 aromatic rings. The first-order valence-electron chi connectivity index (χ1n) is 6.97. The van der Waals surface area contributed by atoms with Crippen molar-refractivity contribution >= 4 is 5.82 Å². The third kappa shape index (κ3) is 3.80. The summed E-state index contributed by atoms with van der Waals surface area (Å²) < 4.78 is 5.54. The Morgan fingerprint density at radius 2 is 2.11 bits per heavy atom. The number of anilines is 1. The lowest BCUT2D eigenvalue weighted by Crippen LogP contribution is -2.30. The van der Waals surface area contributed by atoms with Gasteiger partial charge in [-0.1, -0.05) is 12.8 Å². The van der Waals surface area contributed by atoms with Crippen molar-refractivity contribution in [3.8, 4) is 5.88 Å². The lowest BCUT2D eigenvalue weighted by molar-refractivity contribution is 0.142. The van der Waals surface area contributed by atoms with E-state index in [1.807, 2.05) is 13.8 Å². The van der Waals surface area contributed by atoms with Crippen LogP contribution in [0.3, 0.4) is 0 Å². The Labute approximate surface area is 114 Å². The Bertz CT molecular complexity index is 403. The topological polar surface area (TPSA) is 67.3 Å². The van der Waals surface area contributed by atoms with Crippen molar-refractivity contribution in [1.82, 2.24) is 9.97 Å². The highest BCUT2D eigenvalue weighted by Crippen LogP contribution is 2.37. The molecule has 0 spiro atoms. The van der Waals surface area contributed by atoms with Crippen LogP contribution in [-0.4, -0.2) is 34.3 Å². The SMILES string of the molecule is CC(C)Oc1cc(NCC2(CO)CCCC2)ncn1. The largest absolute Gasteiger partial charge is 0.475 e. The van der Waals surface area contributed by atoms with Gasteiger partial charge >= 0.3 is 0 Å². The van der Waals surface area contributed by atoms with Crippen LogP contribution in [0.4, 0.5) is 5.82 Å². The number of aliphatic hydroxyl groups is 1. The molecule has 0 radical (unpaired) electrons. The molecule has 106 valence electrons. The van der Waals surface area contributed by atoms with Gasteiger partial charge in [0.2, 0.25) is 5.88 Å². The summed E-state index contributed by atoms with van der Waals surface area (Å²) in [5, 5.41) is 12.9. The Balaban J connectivity index is 1.95. The van der Waals surface area contributed by atoms with Crippen LogP contribution in [0, 0.1) is 5.41 Å². The second-order valence-corrected chi connectivity index (χ2v) is 5.63. The number of ether oxygens (including phenoxy) is 1. The van der Waals surface area contributed by atoms with Crippen molar-refractivity contribution in [1.29, 1.82) is 0 Å². The minimum Gasteiger partial charge on any atom is -0.475 e. The van der Waals surface area contributed by atoms with Gasteiger partial charge in [-0.25, -0.2) is 9.97 Å². The van der Waals surface area contributed by atoms with Gasteiger partial charge in [-0.15, -0.1) is 0 Å². The average molecular weight is 265 g/mol. The van der Waals surface area contributed by atoms with E-state index in [0.29, 0.717) is 5.88 Å². The summed E-state index contributed by atoms with van der Waals surface area (Å²) in [6.45, 7) is 4.92. The van der Waals surface area contributed by atoms with E-state index in [0.717, 1.165) is 25.2 Å². The zero-order chi connectivity index (χ0) is 13.7. The zero-order valence-electron chi connectivity index (χ0n) is 11.7. The molecule has 0 atom stereocenters. The Morgan fingerprint density at radius 3 is 2.74 bits per heavy atom. The lowest BCUT2D eigenvalue weighted by atomic mass is 9.87. The highest BCUT2D eigenvalue weighted by atomic mass is 16.5. The van der Waals surface area contributed by atoms with E-state index in [2.05, 4.69) is 15.3 Å². The van der Waals surface area contributed by atoms with E-state index < -0.39 is 0 Å². The predicted molar refractivity (Wildman–Crippen MR) is 74.3 cm³/mol. The number of rotatable bonds is 6. The predicted octanol–water partition coefficient (Wildman–Crippen LogP) is 2.23. The monoisotopic (exact) mass is 265 g/mol. The number of aromatic nitrogens is 2. The molecular weight excluding hydrogens is 242 g/mol. The van der Waals surface area contributed by atoms with Crippen LogP contribution in [0.1, 0.15) is 39.5 Å². The quantitative estimate of drug-likeness (QED) is 0.825. The fourth-order valence-corrected chi connectivity index (χ4v) is 2.54. The number of nitrogens with zero attached hydrogens (tertiary/aromatic N) is 2. The summed E-state index contributed by atoms with van der Waals surface area (Å²) in [6.07, 6.45) is 6.16. The standard InChI is InChI=1S/C14H23N3O2/c1-11(2)19-13-7-12(16-10-17-13)15-8-14(9-18)5-3-4-6-14/h7,10-11,18H,3-6,8-9H2,1-2H3,(H,15,16,17). The van der Waals surface area contributed by atoms with Crippen molar-refractivity contribution in [3.63, 3.8) is 0 Å². The van der Waals surface area contributed by atoms with E-state index in [1.54, 1.807) is 6.07 Å². The smallest absolute Gasteiger partial charge is 0.218 e.